The Bertz CT molecular complexity index is 283. The molecule has 0 unspecified atom stereocenters. The van der Waals surface area contributed by atoms with E-state index in [9.17, 15) is 0 Å². The van der Waals surface area contributed by atoms with E-state index in [0.717, 1.165) is 19.0 Å². The summed E-state index contributed by atoms with van der Waals surface area (Å²) in [7, 11) is 0. The van der Waals surface area contributed by atoms with Crippen LogP contribution < -0.4 is 10.6 Å². The average Bonchev–Trinajstić information content (AvgIpc) is 2.48. The molecule has 78 valence electrons. The zero-order chi connectivity index (χ0) is 9.80. The van der Waals surface area contributed by atoms with Crippen molar-refractivity contribution < 1.29 is 0 Å². The van der Waals surface area contributed by atoms with Crippen molar-refractivity contribution in [3.8, 4) is 0 Å². The molecule has 0 aromatic carbocycles. The third-order valence-corrected chi connectivity index (χ3v) is 4.50. The Balaban J connectivity index is 1.60. The number of thiophene rings is 1. The molecule has 1 aliphatic heterocycles. The molecule has 2 heterocycles. The minimum atomic E-state index is 0.911. The van der Waals surface area contributed by atoms with Gasteiger partial charge < -0.3 is 10.6 Å². The lowest BCUT2D eigenvalue weighted by atomic mass is 10.00. The van der Waals surface area contributed by atoms with Crippen LogP contribution >= 0.6 is 27.3 Å². The van der Waals surface area contributed by atoms with Gasteiger partial charge in [0.15, 0.2) is 0 Å². The highest BCUT2D eigenvalue weighted by atomic mass is 79.9. The van der Waals surface area contributed by atoms with Gasteiger partial charge in [-0.3, -0.25) is 0 Å². The Hall–Kier alpha value is 0.1000. The molecule has 0 spiro atoms. The summed E-state index contributed by atoms with van der Waals surface area (Å²) in [5.74, 6) is 0.911. The van der Waals surface area contributed by atoms with E-state index < -0.39 is 0 Å². The third-order valence-electron chi connectivity index (χ3n) is 2.57. The fourth-order valence-corrected chi connectivity index (χ4v) is 2.97. The summed E-state index contributed by atoms with van der Waals surface area (Å²) in [5.41, 5.74) is 0. The molecule has 0 radical (unpaired) electrons. The second-order valence-electron chi connectivity index (χ2n) is 3.68. The molecular formula is C10H15BrN2S. The molecule has 0 amide bonds. The molecule has 1 aromatic rings. The van der Waals surface area contributed by atoms with E-state index >= 15 is 0 Å². The van der Waals surface area contributed by atoms with Crippen molar-refractivity contribution in [1.82, 2.24) is 10.6 Å². The molecule has 0 atom stereocenters. The Morgan fingerprint density at radius 1 is 1.57 bits per heavy atom. The first kappa shape index (κ1) is 10.6. The third kappa shape index (κ3) is 2.79. The van der Waals surface area contributed by atoms with Gasteiger partial charge in [-0.1, -0.05) is 0 Å². The van der Waals surface area contributed by atoms with E-state index in [2.05, 4.69) is 38.0 Å². The minimum Gasteiger partial charge on any atom is -0.316 e. The van der Waals surface area contributed by atoms with Crippen molar-refractivity contribution in [3.63, 3.8) is 0 Å². The van der Waals surface area contributed by atoms with Crippen LogP contribution in [0.25, 0.3) is 0 Å². The van der Waals surface area contributed by atoms with Crippen LogP contribution in [0.2, 0.25) is 0 Å². The molecule has 1 saturated heterocycles. The second kappa shape index (κ2) is 5.26. The number of hydrogen-bond donors (Lipinski definition) is 2. The zero-order valence-corrected chi connectivity index (χ0v) is 10.5. The molecular weight excluding hydrogens is 260 g/mol. The van der Waals surface area contributed by atoms with Crippen LogP contribution in [0.4, 0.5) is 0 Å². The molecule has 1 aromatic heterocycles. The van der Waals surface area contributed by atoms with Gasteiger partial charge in [-0.15, -0.1) is 11.3 Å². The van der Waals surface area contributed by atoms with Crippen LogP contribution in [0, 0.1) is 5.92 Å². The maximum atomic E-state index is 3.53. The summed E-state index contributed by atoms with van der Waals surface area (Å²) in [6.07, 6.45) is 1.30. The summed E-state index contributed by atoms with van der Waals surface area (Å²) in [6.45, 7) is 4.56. The molecule has 0 bridgehead atoms. The van der Waals surface area contributed by atoms with Crippen LogP contribution in [0.5, 0.6) is 0 Å². The number of rotatable bonds is 5. The highest BCUT2D eigenvalue weighted by Gasteiger charge is 2.15. The number of halogens is 1. The molecule has 0 aliphatic carbocycles. The van der Waals surface area contributed by atoms with E-state index in [1.165, 1.54) is 28.9 Å². The fraction of sp³-hybridized carbons (Fsp3) is 0.600. The zero-order valence-electron chi connectivity index (χ0n) is 8.05. The van der Waals surface area contributed by atoms with Crippen molar-refractivity contribution in [3.05, 3.63) is 20.8 Å². The summed E-state index contributed by atoms with van der Waals surface area (Å²) < 4.78 is 1.24. The van der Waals surface area contributed by atoms with Crippen LogP contribution in [-0.2, 0) is 6.54 Å². The van der Waals surface area contributed by atoms with Crippen LogP contribution in [-0.4, -0.2) is 19.6 Å². The molecule has 2 rings (SSSR count). The van der Waals surface area contributed by atoms with Gasteiger partial charge in [0.25, 0.3) is 0 Å². The van der Waals surface area contributed by atoms with E-state index in [0.29, 0.717) is 0 Å². The van der Waals surface area contributed by atoms with E-state index in [-0.39, 0.29) is 0 Å². The van der Waals surface area contributed by atoms with Gasteiger partial charge in [0, 0.05) is 15.9 Å². The summed E-state index contributed by atoms with van der Waals surface area (Å²) >= 11 is 5.34. The quantitative estimate of drug-likeness (QED) is 0.805. The Morgan fingerprint density at radius 2 is 2.43 bits per heavy atom. The largest absolute Gasteiger partial charge is 0.316 e. The average molecular weight is 275 g/mol. The summed E-state index contributed by atoms with van der Waals surface area (Å²) in [4.78, 5) is 1.40. The lowest BCUT2D eigenvalue weighted by molar-refractivity contribution is 0.322. The topological polar surface area (TPSA) is 24.1 Å². The molecule has 14 heavy (non-hydrogen) atoms. The number of nitrogens with one attached hydrogen (secondary N) is 2. The Labute approximate surface area is 97.2 Å². The van der Waals surface area contributed by atoms with Gasteiger partial charge >= 0.3 is 0 Å². The van der Waals surface area contributed by atoms with Gasteiger partial charge in [0.2, 0.25) is 0 Å². The second-order valence-corrected chi connectivity index (χ2v) is 5.54. The minimum absolute atomic E-state index is 0.911. The molecule has 0 saturated carbocycles. The molecule has 2 nitrogen and oxygen atoms in total. The highest BCUT2D eigenvalue weighted by molar-refractivity contribution is 9.10. The van der Waals surface area contributed by atoms with Gasteiger partial charge in [0.1, 0.15) is 0 Å². The van der Waals surface area contributed by atoms with E-state index in [1.54, 1.807) is 11.3 Å². The SMILES string of the molecule is Brc1ccsc1CNCCC1CNC1. The smallest absolute Gasteiger partial charge is 0.0327 e. The monoisotopic (exact) mass is 274 g/mol. The molecule has 1 fully saturated rings. The van der Waals surface area contributed by atoms with Crippen LogP contribution in [0.3, 0.4) is 0 Å². The first-order chi connectivity index (χ1) is 6.86. The first-order valence-corrected chi connectivity index (χ1v) is 6.67. The van der Waals surface area contributed by atoms with E-state index in [4.69, 9.17) is 0 Å². The predicted octanol–water partition coefficient (Wildman–Crippen LogP) is 2.21. The molecule has 4 heteroatoms. The molecule has 1 aliphatic rings. The summed E-state index contributed by atoms with van der Waals surface area (Å²) in [5, 5.41) is 8.89. The normalized spacial score (nSPS) is 16.9. The first-order valence-electron chi connectivity index (χ1n) is 4.99. The van der Waals surface area contributed by atoms with Crippen LogP contribution in [0.15, 0.2) is 15.9 Å². The van der Waals surface area contributed by atoms with Crippen molar-refractivity contribution in [2.24, 2.45) is 5.92 Å². The van der Waals surface area contributed by atoms with Crippen LogP contribution in [0.1, 0.15) is 11.3 Å². The van der Waals surface area contributed by atoms with Crippen molar-refractivity contribution >= 4 is 27.3 Å². The van der Waals surface area contributed by atoms with Gasteiger partial charge in [-0.25, -0.2) is 0 Å². The van der Waals surface area contributed by atoms with Gasteiger partial charge in [-0.2, -0.15) is 0 Å². The predicted molar refractivity (Wildman–Crippen MR) is 64.7 cm³/mol. The van der Waals surface area contributed by atoms with Gasteiger partial charge in [-0.05, 0) is 59.3 Å². The Kier molecular flexibility index (Phi) is 3.99. The maximum absolute atomic E-state index is 3.53. The number of hydrogen-bond acceptors (Lipinski definition) is 3. The lowest BCUT2D eigenvalue weighted by Crippen LogP contribution is -2.43. The van der Waals surface area contributed by atoms with Crippen molar-refractivity contribution in [1.29, 1.82) is 0 Å². The Morgan fingerprint density at radius 3 is 3.00 bits per heavy atom. The standard InChI is InChI=1S/C10H15BrN2S/c11-9-2-4-14-10(9)7-12-3-1-8-5-13-6-8/h2,4,8,12-13H,1,3,5-7H2. The van der Waals surface area contributed by atoms with Gasteiger partial charge in [0.05, 0.1) is 0 Å². The highest BCUT2D eigenvalue weighted by Crippen LogP contribution is 2.22. The maximum Gasteiger partial charge on any atom is 0.0327 e. The van der Waals surface area contributed by atoms with E-state index in [1.807, 2.05) is 0 Å². The lowest BCUT2D eigenvalue weighted by Gasteiger charge is -2.26. The summed E-state index contributed by atoms with van der Waals surface area (Å²) in [6, 6.07) is 2.11. The van der Waals surface area contributed by atoms with Crippen molar-refractivity contribution in [2.75, 3.05) is 19.6 Å². The van der Waals surface area contributed by atoms with Crippen molar-refractivity contribution in [2.45, 2.75) is 13.0 Å². The molecule has 2 N–H and O–H groups in total. The fourth-order valence-electron chi connectivity index (χ4n) is 1.51.